The number of nitrogens with one attached hydrogen (secondary N) is 2. The van der Waals surface area contributed by atoms with Gasteiger partial charge in [-0.15, -0.1) is 0 Å². The Labute approximate surface area is 119 Å². The highest BCUT2D eigenvalue weighted by Gasteiger charge is 2.18. The van der Waals surface area contributed by atoms with Crippen molar-refractivity contribution < 1.29 is 4.79 Å². The van der Waals surface area contributed by atoms with E-state index in [1.807, 2.05) is 23.9 Å². The molecule has 0 bridgehead atoms. The zero-order chi connectivity index (χ0) is 13.7. The molecule has 1 heterocycles. The summed E-state index contributed by atoms with van der Waals surface area (Å²) in [5.74, 6) is 2.12. The summed E-state index contributed by atoms with van der Waals surface area (Å²) >= 11 is 1.86. The zero-order valence-corrected chi connectivity index (χ0v) is 12.5. The number of anilines is 1. The summed E-state index contributed by atoms with van der Waals surface area (Å²) in [5.41, 5.74) is 3.12. The first-order valence-corrected chi connectivity index (χ1v) is 8.12. The molecule has 1 atom stereocenters. The fourth-order valence-electron chi connectivity index (χ4n) is 2.36. The van der Waals surface area contributed by atoms with Gasteiger partial charge in [0.1, 0.15) is 0 Å². The molecule has 1 amide bonds. The van der Waals surface area contributed by atoms with Gasteiger partial charge in [0.2, 0.25) is 0 Å². The summed E-state index contributed by atoms with van der Waals surface area (Å²) in [6.45, 7) is 5.20. The Morgan fingerprint density at radius 3 is 3.16 bits per heavy atom. The van der Waals surface area contributed by atoms with Gasteiger partial charge in [0.15, 0.2) is 0 Å². The van der Waals surface area contributed by atoms with Crippen molar-refractivity contribution in [3.05, 3.63) is 29.3 Å². The predicted molar refractivity (Wildman–Crippen MR) is 83.2 cm³/mol. The smallest absolute Gasteiger partial charge is 0.251 e. The molecule has 0 fully saturated rings. The van der Waals surface area contributed by atoms with Gasteiger partial charge in [0.05, 0.1) is 0 Å². The van der Waals surface area contributed by atoms with Crippen molar-refractivity contribution >= 4 is 23.4 Å². The third-order valence-corrected chi connectivity index (χ3v) is 4.43. The summed E-state index contributed by atoms with van der Waals surface area (Å²) in [7, 11) is 0. The van der Waals surface area contributed by atoms with Crippen molar-refractivity contribution in [1.82, 2.24) is 5.32 Å². The first kappa shape index (κ1) is 14.3. The van der Waals surface area contributed by atoms with Crippen molar-refractivity contribution in [3.8, 4) is 0 Å². The molecule has 104 valence electrons. The maximum Gasteiger partial charge on any atom is 0.251 e. The largest absolute Gasteiger partial charge is 0.385 e. The fourth-order valence-corrected chi connectivity index (χ4v) is 3.03. The monoisotopic (exact) mass is 278 g/mol. The van der Waals surface area contributed by atoms with E-state index < -0.39 is 0 Å². The molecule has 0 saturated carbocycles. The van der Waals surface area contributed by atoms with Crippen LogP contribution >= 0.6 is 11.8 Å². The molecule has 1 aromatic carbocycles. The van der Waals surface area contributed by atoms with Crippen LogP contribution in [0.1, 0.15) is 36.2 Å². The minimum absolute atomic E-state index is 0.0600. The third-order valence-electron chi connectivity index (χ3n) is 3.29. The van der Waals surface area contributed by atoms with Crippen molar-refractivity contribution in [3.63, 3.8) is 0 Å². The van der Waals surface area contributed by atoms with Crippen LogP contribution in [0.25, 0.3) is 0 Å². The molecular weight excluding hydrogens is 256 g/mol. The Hall–Kier alpha value is -1.16. The van der Waals surface area contributed by atoms with Crippen molar-refractivity contribution in [2.24, 2.45) is 0 Å². The summed E-state index contributed by atoms with van der Waals surface area (Å²) in [6, 6.07) is 6.16. The molecule has 19 heavy (non-hydrogen) atoms. The van der Waals surface area contributed by atoms with E-state index in [9.17, 15) is 4.79 Å². The van der Waals surface area contributed by atoms with Crippen LogP contribution in [0.5, 0.6) is 0 Å². The second kappa shape index (κ2) is 6.85. The highest BCUT2D eigenvalue weighted by atomic mass is 32.2. The Morgan fingerprint density at radius 1 is 1.53 bits per heavy atom. The van der Waals surface area contributed by atoms with Crippen LogP contribution in [0.3, 0.4) is 0 Å². The van der Waals surface area contributed by atoms with Crippen LogP contribution in [0, 0.1) is 0 Å². The number of rotatable bonds is 5. The topological polar surface area (TPSA) is 41.1 Å². The van der Waals surface area contributed by atoms with E-state index in [1.165, 1.54) is 5.56 Å². The van der Waals surface area contributed by atoms with Gasteiger partial charge in [0.25, 0.3) is 5.91 Å². The molecule has 2 N–H and O–H groups in total. The number of thioether (sulfide) groups is 1. The number of hydrogen-bond acceptors (Lipinski definition) is 3. The zero-order valence-electron chi connectivity index (χ0n) is 11.7. The van der Waals surface area contributed by atoms with E-state index in [4.69, 9.17) is 0 Å². The number of amides is 1. The molecule has 2 rings (SSSR count). The van der Waals surface area contributed by atoms with E-state index in [2.05, 4.69) is 30.5 Å². The average molecular weight is 278 g/mol. The maximum absolute atomic E-state index is 12.3. The van der Waals surface area contributed by atoms with Gasteiger partial charge >= 0.3 is 0 Å². The highest BCUT2D eigenvalue weighted by Crippen LogP contribution is 2.25. The van der Waals surface area contributed by atoms with Gasteiger partial charge in [-0.05, 0) is 43.2 Å². The SMILES string of the molecule is CCSCC(C)NC(=O)c1cccc2c1CCCN2. The molecule has 0 radical (unpaired) electrons. The van der Waals surface area contributed by atoms with Gasteiger partial charge in [0, 0.05) is 29.6 Å². The molecule has 1 aliphatic heterocycles. The van der Waals surface area contributed by atoms with Crippen LogP contribution < -0.4 is 10.6 Å². The lowest BCUT2D eigenvalue weighted by molar-refractivity contribution is 0.0943. The Morgan fingerprint density at radius 2 is 2.37 bits per heavy atom. The summed E-state index contributed by atoms with van der Waals surface area (Å²) in [5, 5.41) is 6.45. The molecule has 0 aliphatic carbocycles. The molecule has 3 nitrogen and oxygen atoms in total. The third kappa shape index (κ3) is 3.66. The number of benzene rings is 1. The van der Waals surface area contributed by atoms with Crippen molar-refractivity contribution in [2.45, 2.75) is 32.7 Å². The molecule has 0 spiro atoms. The lowest BCUT2D eigenvalue weighted by Gasteiger charge is -2.21. The van der Waals surface area contributed by atoms with Gasteiger partial charge in [-0.2, -0.15) is 11.8 Å². The van der Waals surface area contributed by atoms with Crippen LogP contribution in [0.2, 0.25) is 0 Å². The molecule has 1 aromatic rings. The van der Waals surface area contributed by atoms with E-state index in [0.29, 0.717) is 0 Å². The summed E-state index contributed by atoms with van der Waals surface area (Å²) < 4.78 is 0. The molecule has 1 aliphatic rings. The Balaban J connectivity index is 2.07. The van der Waals surface area contributed by atoms with E-state index in [-0.39, 0.29) is 11.9 Å². The van der Waals surface area contributed by atoms with Crippen LogP contribution in [-0.4, -0.2) is 30.0 Å². The van der Waals surface area contributed by atoms with Gasteiger partial charge < -0.3 is 10.6 Å². The standard InChI is InChI=1S/C15H22N2OS/c1-3-19-10-11(2)17-15(18)13-6-4-8-14-12(13)7-5-9-16-14/h4,6,8,11,16H,3,5,7,9-10H2,1-2H3,(H,17,18). The minimum Gasteiger partial charge on any atom is -0.385 e. The first-order valence-electron chi connectivity index (χ1n) is 6.96. The number of carbonyl (C=O) groups is 1. The van der Waals surface area contributed by atoms with Gasteiger partial charge in [-0.1, -0.05) is 13.0 Å². The van der Waals surface area contributed by atoms with Crippen LogP contribution in [-0.2, 0) is 6.42 Å². The molecular formula is C15H22N2OS. The maximum atomic E-state index is 12.3. The number of carbonyl (C=O) groups excluding carboxylic acids is 1. The lowest BCUT2D eigenvalue weighted by atomic mass is 9.97. The van der Waals surface area contributed by atoms with E-state index in [1.54, 1.807) is 0 Å². The quantitative estimate of drug-likeness (QED) is 0.870. The average Bonchev–Trinajstić information content (AvgIpc) is 2.44. The molecule has 1 unspecified atom stereocenters. The van der Waals surface area contributed by atoms with Crippen LogP contribution in [0.4, 0.5) is 5.69 Å². The highest BCUT2D eigenvalue weighted by molar-refractivity contribution is 7.99. The van der Waals surface area contributed by atoms with Gasteiger partial charge in [-0.3, -0.25) is 4.79 Å². The Kier molecular flexibility index (Phi) is 5.14. The van der Waals surface area contributed by atoms with Crippen LogP contribution in [0.15, 0.2) is 18.2 Å². The fraction of sp³-hybridized carbons (Fsp3) is 0.533. The number of fused-ring (bicyclic) bond motifs is 1. The lowest BCUT2D eigenvalue weighted by Crippen LogP contribution is -2.35. The minimum atomic E-state index is 0.0600. The van der Waals surface area contributed by atoms with Crippen molar-refractivity contribution in [1.29, 1.82) is 0 Å². The molecule has 0 aromatic heterocycles. The summed E-state index contributed by atoms with van der Waals surface area (Å²) in [4.78, 5) is 12.3. The predicted octanol–water partition coefficient (Wildman–Crippen LogP) is 2.92. The Bertz CT molecular complexity index is 448. The normalized spacial score (nSPS) is 15.3. The second-order valence-corrected chi connectivity index (χ2v) is 6.21. The summed E-state index contributed by atoms with van der Waals surface area (Å²) in [6.07, 6.45) is 2.09. The second-order valence-electron chi connectivity index (χ2n) is 4.90. The van der Waals surface area contributed by atoms with E-state index in [0.717, 1.165) is 42.1 Å². The van der Waals surface area contributed by atoms with Gasteiger partial charge in [-0.25, -0.2) is 0 Å². The molecule has 0 saturated heterocycles. The molecule has 4 heteroatoms. The number of hydrogen-bond donors (Lipinski definition) is 2. The van der Waals surface area contributed by atoms with Crippen molar-refractivity contribution in [2.75, 3.05) is 23.4 Å². The van der Waals surface area contributed by atoms with E-state index >= 15 is 0 Å². The first-order chi connectivity index (χ1) is 9.22.